The van der Waals surface area contributed by atoms with E-state index in [1.807, 2.05) is 33.8 Å². The fourth-order valence-electron chi connectivity index (χ4n) is 1.98. The van der Waals surface area contributed by atoms with Crippen LogP contribution in [0.5, 0.6) is 0 Å². The maximum absolute atomic E-state index is 12.1. The number of nitrogens with one attached hydrogen (secondary N) is 1. The summed E-state index contributed by atoms with van der Waals surface area (Å²) in [4.78, 5) is 12.1. The third-order valence-electron chi connectivity index (χ3n) is 2.91. The first-order chi connectivity index (χ1) is 8.97. The largest absolute Gasteiger partial charge is 0.361 e. The Bertz CT molecular complexity index is 585. The number of rotatable bonds is 4. The molecule has 1 N–H and O–H groups in total. The predicted octanol–water partition coefficient (Wildman–Crippen LogP) is 1.67. The first kappa shape index (κ1) is 13.3. The van der Waals surface area contributed by atoms with Gasteiger partial charge in [-0.2, -0.15) is 5.10 Å². The average Bonchev–Trinajstić information content (AvgIpc) is 2.91. The van der Waals surface area contributed by atoms with Crippen LogP contribution in [0.1, 0.15) is 35.8 Å². The number of hydrogen-bond acceptors (Lipinski definition) is 4. The van der Waals surface area contributed by atoms with E-state index < -0.39 is 0 Å². The summed E-state index contributed by atoms with van der Waals surface area (Å²) >= 11 is 0. The van der Waals surface area contributed by atoms with Gasteiger partial charge in [0.2, 0.25) is 5.91 Å². The summed E-state index contributed by atoms with van der Waals surface area (Å²) in [5.41, 5.74) is 2.59. The zero-order valence-corrected chi connectivity index (χ0v) is 11.6. The van der Waals surface area contributed by atoms with Crippen LogP contribution in [0, 0.1) is 20.8 Å². The Hall–Kier alpha value is -2.11. The van der Waals surface area contributed by atoms with Crippen molar-refractivity contribution in [1.29, 1.82) is 0 Å². The van der Waals surface area contributed by atoms with Crippen LogP contribution in [0.25, 0.3) is 0 Å². The third-order valence-corrected chi connectivity index (χ3v) is 2.91. The Balaban J connectivity index is 1.98. The molecule has 0 aliphatic heterocycles. The average molecular weight is 262 g/mol. The van der Waals surface area contributed by atoms with Gasteiger partial charge in [0.05, 0.1) is 12.2 Å². The highest BCUT2D eigenvalue weighted by Crippen LogP contribution is 2.11. The van der Waals surface area contributed by atoms with Crippen LogP contribution in [-0.2, 0) is 11.3 Å². The normalized spacial score (nSPS) is 12.4. The van der Waals surface area contributed by atoms with Gasteiger partial charge in [-0.15, -0.1) is 0 Å². The lowest BCUT2D eigenvalue weighted by Crippen LogP contribution is -2.31. The number of carbonyl (C=O) groups excluding carboxylic acids is 1. The van der Waals surface area contributed by atoms with Crippen LogP contribution in [-0.4, -0.2) is 20.8 Å². The highest BCUT2D eigenvalue weighted by Gasteiger charge is 2.17. The molecular weight excluding hydrogens is 244 g/mol. The summed E-state index contributed by atoms with van der Waals surface area (Å²) in [5.74, 6) is 0.641. The topological polar surface area (TPSA) is 73.0 Å². The quantitative estimate of drug-likeness (QED) is 0.909. The van der Waals surface area contributed by atoms with Crippen molar-refractivity contribution in [3.8, 4) is 0 Å². The standard InChI is InChI=1S/C13H18N4O2/c1-8-5-9(2)17(15-8)11(4)13(18)14-7-12-6-10(3)19-16-12/h5-6,11H,7H2,1-4H3,(H,14,18)/t11-/m0/s1. The molecule has 0 spiro atoms. The van der Waals surface area contributed by atoms with Gasteiger partial charge in [-0.1, -0.05) is 5.16 Å². The molecule has 0 bridgehead atoms. The van der Waals surface area contributed by atoms with Gasteiger partial charge < -0.3 is 9.84 Å². The third kappa shape index (κ3) is 3.01. The minimum Gasteiger partial charge on any atom is -0.361 e. The Labute approximate surface area is 111 Å². The molecule has 0 saturated carbocycles. The molecule has 0 fully saturated rings. The van der Waals surface area contributed by atoms with E-state index in [2.05, 4.69) is 15.6 Å². The van der Waals surface area contributed by atoms with Crippen molar-refractivity contribution in [1.82, 2.24) is 20.3 Å². The van der Waals surface area contributed by atoms with Crippen molar-refractivity contribution >= 4 is 5.91 Å². The smallest absolute Gasteiger partial charge is 0.244 e. The molecular formula is C13H18N4O2. The molecule has 1 amide bonds. The van der Waals surface area contributed by atoms with Crippen LogP contribution in [0.3, 0.4) is 0 Å². The van der Waals surface area contributed by atoms with Gasteiger partial charge >= 0.3 is 0 Å². The van der Waals surface area contributed by atoms with Crippen molar-refractivity contribution < 1.29 is 9.32 Å². The van der Waals surface area contributed by atoms with Crippen LogP contribution in [0.15, 0.2) is 16.7 Å². The molecule has 2 aromatic heterocycles. The van der Waals surface area contributed by atoms with E-state index in [1.54, 1.807) is 10.7 Å². The molecule has 0 aromatic carbocycles. The molecule has 19 heavy (non-hydrogen) atoms. The SMILES string of the molecule is Cc1cc(C)n([C@@H](C)C(=O)NCc2cc(C)on2)n1. The van der Waals surface area contributed by atoms with E-state index in [4.69, 9.17) is 4.52 Å². The molecule has 0 radical (unpaired) electrons. The summed E-state index contributed by atoms with van der Waals surface area (Å²) in [6, 6.07) is 3.40. The van der Waals surface area contributed by atoms with Crippen LogP contribution in [0.2, 0.25) is 0 Å². The second kappa shape index (κ2) is 5.26. The van der Waals surface area contributed by atoms with Gasteiger partial charge in [0.25, 0.3) is 0 Å². The number of amides is 1. The van der Waals surface area contributed by atoms with E-state index in [-0.39, 0.29) is 11.9 Å². The highest BCUT2D eigenvalue weighted by molar-refractivity contribution is 5.79. The second-order valence-corrected chi connectivity index (χ2v) is 4.69. The van der Waals surface area contributed by atoms with Crippen LogP contribution in [0.4, 0.5) is 0 Å². The van der Waals surface area contributed by atoms with Crippen LogP contribution < -0.4 is 5.32 Å². The summed E-state index contributed by atoms with van der Waals surface area (Å²) in [5, 5.41) is 11.0. The lowest BCUT2D eigenvalue weighted by atomic mass is 10.3. The Morgan fingerprint density at radius 2 is 2.16 bits per heavy atom. The molecule has 0 unspecified atom stereocenters. The molecule has 0 aliphatic carbocycles. The zero-order valence-electron chi connectivity index (χ0n) is 11.6. The Morgan fingerprint density at radius 3 is 2.68 bits per heavy atom. The van der Waals surface area contributed by atoms with E-state index >= 15 is 0 Å². The molecule has 2 rings (SSSR count). The van der Waals surface area contributed by atoms with Gasteiger partial charge in [0, 0.05) is 11.8 Å². The summed E-state index contributed by atoms with van der Waals surface area (Å²) in [6.45, 7) is 7.84. The van der Waals surface area contributed by atoms with Crippen LogP contribution >= 0.6 is 0 Å². The van der Waals surface area contributed by atoms with E-state index in [9.17, 15) is 4.79 Å². The molecule has 0 aliphatic rings. The van der Waals surface area contributed by atoms with Crippen molar-refractivity contribution in [2.24, 2.45) is 0 Å². The van der Waals surface area contributed by atoms with Crippen molar-refractivity contribution in [3.63, 3.8) is 0 Å². The minimum atomic E-state index is -0.346. The minimum absolute atomic E-state index is 0.0909. The second-order valence-electron chi connectivity index (χ2n) is 4.69. The number of aromatic nitrogens is 3. The maximum atomic E-state index is 12.1. The first-order valence-corrected chi connectivity index (χ1v) is 6.20. The van der Waals surface area contributed by atoms with E-state index in [0.717, 1.165) is 17.1 Å². The van der Waals surface area contributed by atoms with Gasteiger partial charge in [-0.25, -0.2) is 0 Å². The lowest BCUT2D eigenvalue weighted by Gasteiger charge is -2.13. The molecule has 6 heteroatoms. The fourth-order valence-corrected chi connectivity index (χ4v) is 1.98. The highest BCUT2D eigenvalue weighted by atomic mass is 16.5. The van der Waals surface area contributed by atoms with Gasteiger partial charge in [-0.3, -0.25) is 9.48 Å². The monoisotopic (exact) mass is 262 g/mol. The van der Waals surface area contributed by atoms with Gasteiger partial charge in [0.1, 0.15) is 17.5 Å². The molecule has 2 aromatic rings. The van der Waals surface area contributed by atoms with E-state index in [1.165, 1.54) is 0 Å². The lowest BCUT2D eigenvalue weighted by molar-refractivity contribution is -0.124. The number of aryl methyl sites for hydroxylation is 3. The predicted molar refractivity (Wildman–Crippen MR) is 69.5 cm³/mol. The maximum Gasteiger partial charge on any atom is 0.244 e. The molecule has 0 saturated heterocycles. The summed E-state index contributed by atoms with van der Waals surface area (Å²) in [6.07, 6.45) is 0. The first-order valence-electron chi connectivity index (χ1n) is 6.20. The van der Waals surface area contributed by atoms with Gasteiger partial charge in [0.15, 0.2) is 0 Å². The van der Waals surface area contributed by atoms with E-state index in [0.29, 0.717) is 12.2 Å². The molecule has 1 atom stereocenters. The summed E-state index contributed by atoms with van der Waals surface area (Å²) < 4.78 is 6.67. The fraction of sp³-hybridized carbons (Fsp3) is 0.462. The molecule has 2 heterocycles. The number of carbonyl (C=O) groups is 1. The van der Waals surface area contributed by atoms with Crippen molar-refractivity contribution in [3.05, 3.63) is 35.0 Å². The molecule has 6 nitrogen and oxygen atoms in total. The summed E-state index contributed by atoms with van der Waals surface area (Å²) in [7, 11) is 0. The molecule has 102 valence electrons. The Kier molecular flexibility index (Phi) is 3.69. The Morgan fingerprint density at radius 1 is 1.42 bits per heavy atom. The number of hydrogen-bond donors (Lipinski definition) is 1. The number of nitrogens with zero attached hydrogens (tertiary/aromatic N) is 3. The zero-order chi connectivity index (χ0) is 14.0. The van der Waals surface area contributed by atoms with Crippen molar-refractivity contribution in [2.75, 3.05) is 0 Å². The van der Waals surface area contributed by atoms with Gasteiger partial charge in [-0.05, 0) is 33.8 Å². The van der Waals surface area contributed by atoms with Crippen molar-refractivity contribution in [2.45, 2.75) is 40.3 Å².